The molecule has 1 heterocycles. The molecule has 0 aromatic heterocycles. The van der Waals surface area contributed by atoms with Gasteiger partial charge in [-0.15, -0.1) is 0 Å². The lowest BCUT2D eigenvalue weighted by molar-refractivity contribution is -0.128. The molecule has 0 spiro atoms. The maximum Gasteiger partial charge on any atom is 0.241 e. The first-order valence-corrected chi connectivity index (χ1v) is 9.08. The molecule has 0 radical (unpaired) electrons. The zero-order chi connectivity index (χ0) is 18.9. The van der Waals surface area contributed by atoms with E-state index in [1.165, 1.54) is 0 Å². The Hall–Kier alpha value is -2.57. The van der Waals surface area contributed by atoms with E-state index in [-0.39, 0.29) is 18.4 Å². The van der Waals surface area contributed by atoms with Crippen LogP contribution in [0, 0.1) is 0 Å². The predicted octanol–water partition coefficient (Wildman–Crippen LogP) is 0.952. The van der Waals surface area contributed by atoms with E-state index in [1.807, 2.05) is 36.1 Å². The van der Waals surface area contributed by atoms with Gasteiger partial charge in [0.05, 0.1) is 13.1 Å². The van der Waals surface area contributed by atoms with Gasteiger partial charge in [0, 0.05) is 40.2 Å². The molecular weight excluding hydrogens is 330 g/mol. The van der Waals surface area contributed by atoms with Crippen LogP contribution in [0.25, 0.3) is 0 Å². The highest BCUT2D eigenvalue weighted by atomic mass is 16.2. The van der Waals surface area contributed by atoms with Crippen LogP contribution in [0.15, 0.2) is 29.3 Å². The highest BCUT2D eigenvalue weighted by molar-refractivity contribution is 5.86. The SMILES string of the molecule is CCNC(=NCc1ccccc1CN1CCCC1=O)NCC(=O)N(C)C. The second-order valence-electron chi connectivity index (χ2n) is 6.52. The lowest BCUT2D eigenvalue weighted by Gasteiger charge is -2.18. The number of hydrogen-bond acceptors (Lipinski definition) is 3. The first kappa shape index (κ1) is 19.8. The molecule has 2 amide bonds. The van der Waals surface area contributed by atoms with Crippen LogP contribution in [0.2, 0.25) is 0 Å². The van der Waals surface area contributed by atoms with E-state index in [0.29, 0.717) is 32.0 Å². The number of nitrogens with zero attached hydrogens (tertiary/aromatic N) is 3. The number of aliphatic imine (C=N–C) groups is 1. The fourth-order valence-electron chi connectivity index (χ4n) is 2.77. The molecule has 26 heavy (non-hydrogen) atoms. The van der Waals surface area contributed by atoms with Gasteiger partial charge in [0.2, 0.25) is 11.8 Å². The molecule has 7 heteroatoms. The summed E-state index contributed by atoms with van der Waals surface area (Å²) in [6.45, 7) is 4.84. The van der Waals surface area contributed by atoms with Crippen LogP contribution in [0.5, 0.6) is 0 Å². The molecule has 1 aromatic carbocycles. The van der Waals surface area contributed by atoms with Crippen LogP contribution >= 0.6 is 0 Å². The molecule has 2 rings (SSSR count). The summed E-state index contributed by atoms with van der Waals surface area (Å²) in [4.78, 5) is 31.7. The van der Waals surface area contributed by atoms with Crippen molar-refractivity contribution < 1.29 is 9.59 Å². The number of carbonyl (C=O) groups excluding carboxylic acids is 2. The Labute approximate surface area is 155 Å². The zero-order valence-corrected chi connectivity index (χ0v) is 15.9. The summed E-state index contributed by atoms with van der Waals surface area (Å²) in [7, 11) is 3.45. The maximum atomic E-state index is 11.9. The third kappa shape index (κ3) is 5.75. The number of amides is 2. The number of rotatable bonds is 7. The standard InChI is InChI=1S/C19H29N5O2/c1-4-20-19(22-13-18(26)23(2)3)21-12-15-8-5-6-9-16(15)14-24-11-7-10-17(24)25/h5-6,8-9H,4,7,10-14H2,1-3H3,(H2,20,21,22). The third-order valence-electron chi connectivity index (χ3n) is 4.31. The van der Waals surface area contributed by atoms with E-state index < -0.39 is 0 Å². The molecule has 142 valence electrons. The van der Waals surface area contributed by atoms with Crippen molar-refractivity contribution in [3.05, 3.63) is 35.4 Å². The molecule has 0 unspecified atom stereocenters. The molecule has 1 aliphatic rings. The van der Waals surface area contributed by atoms with Gasteiger partial charge in [-0.05, 0) is 24.5 Å². The summed E-state index contributed by atoms with van der Waals surface area (Å²) in [6.07, 6.45) is 1.59. The van der Waals surface area contributed by atoms with Gasteiger partial charge in [0.25, 0.3) is 0 Å². The van der Waals surface area contributed by atoms with Gasteiger partial charge in [0.15, 0.2) is 5.96 Å². The summed E-state index contributed by atoms with van der Waals surface area (Å²) in [5.74, 6) is 0.818. The fraction of sp³-hybridized carbons (Fsp3) is 0.526. The Bertz CT molecular complexity index is 657. The summed E-state index contributed by atoms with van der Waals surface area (Å²) >= 11 is 0. The minimum atomic E-state index is -0.0106. The minimum Gasteiger partial charge on any atom is -0.357 e. The first-order valence-electron chi connectivity index (χ1n) is 9.08. The lowest BCUT2D eigenvalue weighted by Crippen LogP contribution is -2.42. The number of likely N-dealkylation sites (N-methyl/N-ethyl adjacent to an activating group) is 1. The minimum absolute atomic E-state index is 0.0106. The average Bonchev–Trinajstić information content (AvgIpc) is 3.03. The second kappa shape index (κ2) is 9.79. The van der Waals surface area contributed by atoms with E-state index in [2.05, 4.69) is 15.6 Å². The molecule has 0 aliphatic carbocycles. The van der Waals surface area contributed by atoms with Crippen LogP contribution in [0.4, 0.5) is 0 Å². The smallest absolute Gasteiger partial charge is 0.241 e. The summed E-state index contributed by atoms with van der Waals surface area (Å²) in [5, 5.41) is 6.21. The molecule has 0 atom stereocenters. The highest BCUT2D eigenvalue weighted by Gasteiger charge is 2.20. The van der Waals surface area contributed by atoms with Gasteiger partial charge >= 0.3 is 0 Å². The van der Waals surface area contributed by atoms with Gasteiger partial charge in [-0.3, -0.25) is 9.59 Å². The fourth-order valence-corrected chi connectivity index (χ4v) is 2.77. The van der Waals surface area contributed by atoms with Gasteiger partial charge in [-0.25, -0.2) is 4.99 Å². The Kier molecular flexibility index (Phi) is 7.44. The molecule has 7 nitrogen and oxygen atoms in total. The summed E-state index contributed by atoms with van der Waals surface area (Å²) in [5.41, 5.74) is 2.20. The van der Waals surface area contributed by atoms with Crippen molar-refractivity contribution in [1.82, 2.24) is 20.4 Å². The number of carbonyl (C=O) groups is 2. The summed E-state index contributed by atoms with van der Waals surface area (Å²) in [6, 6.07) is 8.05. The van der Waals surface area contributed by atoms with E-state index in [9.17, 15) is 9.59 Å². The second-order valence-corrected chi connectivity index (χ2v) is 6.52. The molecule has 2 N–H and O–H groups in total. The molecule has 0 bridgehead atoms. The van der Waals surface area contributed by atoms with E-state index in [0.717, 1.165) is 24.1 Å². The third-order valence-corrected chi connectivity index (χ3v) is 4.31. The van der Waals surface area contributed by atoms with Crippen molar-refractivity contribution >= 4 is 17.8 Å². The number of hydrogen-bond donors (Lipinski definition) is 2. The molecule has 1 aliphatic heterocycles. The van der Waals surface area contributed by atoms with Crippen LogP contribution in [-0.2, 0) is 22.7 Å². The van der Waals surface area contributed by atoms with E-state index in [1.54, 1.807) is 19.0 Å². The Morgan fingerprint density at radius 2 is 1.96 bits per heavy atom. The number of guanidine groups is 1. The van der Waals surface area contributed by atoms with Gasteiger partial charge < -0.3 is 20.4 Å². The molecule has 1 aromatic rings. The molecule has 1 saturated heterocycles. The van der Waals surface area contributed by atoms with Crippen molar-refractivity contribution in [3.8, 4) is 0 Å². The van der Waals surface area contributed by atoms with E-state index >= 15 is 0 Å². The van der Waals surface area contributed by atoms with Crippen molar-refractivity contribution in [2.75, 3.05) is 33.7 Å². The van der Waals surface area contributed by atoms with Crippen LogP contribution in [0.1, 0.15) is 30.9 Å². The largest absolute Gasteiger partial charge is 0.357 e. The number of benzene rings is 1. The average molecular weight is 359 g/mol. The molecule has 1 fully saturated rings. The first-order chi connectivity index (χ1) is 12.5. The molecule has 0 saturated carbocycles. The van der Waals surface area contributed by atoms with Crippen molar-refractivity contribution in [2.45, 2.75) is 32.9 Å². The zero-order valence-electron chi connectivity index (χ0n) is 15.9. The highest BCUT2D eigenvalue weighted by Crippen LogP contribution is 2.17. The Morgan fingerprint density at radius 3 is 2.58 bits per heavy atom. The van der Waals surface area contributed by atoms with Crippen LogP contribution < -0.4 is 10.6 Å². The predicted molar refractivity (Wildman–Crippen MR) is 103 cm³/mol. The Balaban J connectivity index is 2.03. The number of likely N-dealkylation sites (tertiary alicyclic amines) is 1. The van der Waals surface area contributed by atoms with Gasteiger partial charge in [-0.1, -0.05) is 24.3 Å². The number of nitrogens with one attached hydrogen (secondary N) is 2. The van der Waals surface area contributed by atoms with Gasteiger partial charge in [0.1, 0.15) is 0 Å². The van der Waals surface area contributed by atoms with Crippen molar-refractivity contribution in [2.24, 2.45) is 4.99 Å². The normalized spacial score (nSPS) is 14.5. The topological polar surface area (TPSA) is 77.0 Å². The monoisotopic (exact) mass is 359 g/mol. The maximum absolute atomic E-state index is 11.9. The lowest BCUT2D eigenvalue weighted by atomic mass is 10.1. The van der Waals surface area contributed by atoms with Gasteiger partial charge in [-0.2, -0.15) is 0 Å². The van der Waals surface area contributed by atoms with E-state index in [4.69, 9.17) is 0 Å². The van der Waals surface area contributed by atoms with Crippen LogP contribution in [0.3, 0.4) is 0 Å². The molecular formula is C19H29N5O2. The summed E-state index contributed by atoms with van der Waals surface area (Å²) < 4.78 is 0. The van der Waals surface area contributed by atoms with Crippen molar-refractivity contribution in [3.63, 3.8) is 0 Å². The van der Waals surface area contributed by atoms with Crippen molar-refractivity contribution in [1.29, 1.82) is 0 Å². The quantitative estimate of drug-likeness (QED) is 0.561. The van der Waals surface area contributed by atoms with Crippen LogP contribution in [-0.4, -0.2) is 61.3 Å². The Morgan fingerprint density at radius 1 is 1.23 bits per heavy atom.